The number of fused-ring (bicyclic) bond motifs is 1. The monoisotopic (exact) mass is 233 g/mol. The number of hydrogen-bond donors (Lipinski definition) is 1. The van der Waals surface area contributed by atoms with E-state index in [0.29, 0.717) is 0 Å². The molecule has 0 fully saturated rings. The van der Waals surface area contributed by atoms with Crippen LogP contribution in [-0.2, 0) is 13.5 Å². The van der Waals surface area contributed by atoms with Gasteiger partial charge >= 0.3 is 0 Å². The van der Waals surface area contributed by atoms with E-state index < -0.39 is 0 Å². The second-order valence-corrected chi connectivity index (χ2v) is 4.48. The minimum atomic E-state index is 0.801. The molecular weight excluding hydrogens is 222 g/mol. The van der Waals surface area contributed by atoms with Crippen LogP contribution in [0.5, 0.6) is 0 Å². The van der Waals surface area contributed by atoms with E-state index in [9.17, 15) is 0 Å². The first-order valence-electron chi connectivity index (χ1n) is 5.29. The van der Waals surface area contributed by atoms with Gasteiger partial charge in [0.1, 0.15) is 0 Å². The molecule has 0 aliphatic carbocycles. The summed E-state index contributed by atoms with van der Waals surface area (Å²) in [5.74, 6) is 0. The zero-order valence-corrected chi connectivity index (χ0v) is 9.75. The van der Waals surface area contributed by atoms with Crippen LogP contribution in [-0.4, -0.2) is 16.3 Å². The minimum Gasteiger partial charge on any atom is -0.384 e. The van der Waals surface area contributed by atoms with E-state index >= 15 is 0 Å². The molecule has 2 aromatic rings. The van der Waals surface area contributed by atoms with E-state index in [1.54, 1.807) is 4.68 Å². The van der Waals surface area contributed by atoms with E-state index in [-0.39, 0.29) is 0 Å². The van der Waals surface area contributed by atoms with Gasteiger partial charge in [-0.25, -0.2) is 0 Å². The molecular formula is C12H12ClN3. The lowest BCUT2D eigenvalue weighted by Gasteiger charge is -2.06. The van der Waals surface area contributed by atoms with Gasteiger partial charge in [0.15, 0.2) is 0 Å². The van der Waals surface area contributed by atoms with E-state index in [1.165, 1.54) is 11.3 Å². The summed E-state index contributed by atoms with van der Waals surface area (Å²) in [5, 5.41) is 8.33. The van der Waals surface area contributed by atoms with Crippen molar-refractivity contribution < 1.29 is 0 Å². The standard InChI is InChI=1S/C12H12ClN3/c1-16-7-9(6-15-16)10-5-12-8(2-3-14-12)4-11(10)13/h4-7,14H,2-3H2,1H3. The average molecular weight is 234 g/mol. The maximum absolute atomic E-state index is 6.29. The third kappa shape index (κ3) is 1.48. The van der Waals surface area contributed by atoms with Gasteiger partial charge in [0.2, 0.25) is 0 Å². The zero-order valence-electron chi connectivity index (χ0n) is 9.00. The van der Waals surface area contributed by atoms with Crippen LogP contribution in [0.1, 0.15) is 5.56 Å². The molecule has 1 aromatic heterocycles. The molecule has 4 heteroatoms. The second-order valence-electron chi connectivity index (χ2n) is 4.07. The van der Waals surface area contributed by atoms with Crippen molar-refractivity contribution in [1.29, 1.82) is 0 Å². The molecule has 0 saturated heterocycles. The predicted molar refractivity (Wildman–Crippen MR) is 65.8 cm³/mol. The molecule has 0 unspecified atom stereocenters. The van der Waals surface area contributed by atoms with E-state index in [2.05, 4.69) is 22.5 Å². The number of hydrogen-bond acceptors (Lipinski definition) is 2. The summed E-state index contributed by atoms with van der Waals surface area (Å²) in [6.07, 6.45) is 4.87. The van der Waals surface area contributed by atoms with Gasteiger partial charge in [-0.05, 0) is 24.1 Å². The zero-order chi connectivity index (χ0) is 11.1. The number of nitrogens with zero attached hydrogens (tertiary/aromatic N) is 2. The van der Waals surface area contributed by atoms with Crippen LogP contribution in [0.4, 0.5) is 5.69 Å². The fraction of sp³-hybridized carbons (Fsp3) is 0.250. The van der Waals surface area contributed by atoms with Crippen LogP contribution in [0.2, 0.25) is 5.02 Å². The normalized spacial score (nSPS) is 13.6. The number of halogens is 1. The van der Waals surface area contributed by atoms with Crippen LogP contribution >= 0.6 is 11.6 Å². The molecule has 0 radical (unpaired) electrons. The molecule has 3 rings (SSSR count). The minimum absolute atomic E-state index is 0.801. The molecule has 0 bridgehead atoms. The summed E-state index contributed by atoms with van der Waals surface area (Å²) in [4.78, 5) is 0. The Kier molecular flexibility index (Phi) is 2.14. The second kappa shape index (κ2) is 3.52. The molecule has 0 saturated carbocycles. The van der Waals surface area contributed by atoms with Gasteiger partial charge in [-0.2, -0.15) is 5.10 Å². The highest BCUT2D eigenvalue weighted by Crippen LogP contribution is 2.34. The van der Waals surface area contributed by atoms with Gasteiger partial charge in [0.25, 0.3) is 0 Å². The summed E-state index contributed by atoms with van der Waals surface area (Å²) >= 11 is 6.29. The average Bonchev–Trinajstić information content (AvgIpc) is 2.84. The molecule has 16 heavy (non-hydrogen) atoms. The SMILES string of the molecule is Cn1cc(-c2cc3c(cc2Cl)CCN3)cn1. The molecule has 0 atom stereocenters. The molecule has 2 heterocycles. The molecule has 3 nitrogen and oxygen atoms in total. The summed E-state index contributed by atoms with van der Waals surface area (Å²) in [5.41, 5.74) is 4.60. The molecule has 1 N–H and O–H groups in total. The number of aryl methyl sites for hydroxylation is 1. The lowest BCUT2D eigenvalue weighted by Crippen LogP contribution is -1.91. The third-order valence-corrected chi connectivity index (χ3v) is 3.23. The summed E-state index contributed by atoms with van der Waals surface area (Å²) < 4.78 is 1.78. The maximum Gasteiger partial charge on any atom is 0.0568 e. The number of benzene rings is 1. The maximum atomic E-state index is 6.29. The van der Waals surface area contributed by atoms with Crippen molar-refractivity contribution in [2.24, 2.45) is 7.05 Å². The first-order chi connectivity index (χ1) is 7.74. The molecule has 1 aromatic carbocycles. The molecule has 0 amide bonds. The first kappa shape index (κ1) is 9.73. The van der Waals surface area contributed by atoms with Crippen LogP contribution < -0.4 is 5.32 Å². The van der Waals surface area contributed by atoms with E-state index in [0.717, 1.165) is 29.1 Å². The van der Waals surface area contributed by atoms with Crippen molar-refractivity contribution in [2.75, 3.05) is 11.9 Å². The highest BCUT2D eigenvalue weighted by atomic mass is 35.5. The first-order valence-corrected chi connectivity index (χ1v) is 5.67. The van der Waals surface area contributed by atoms with Gasteiger partial charge < -0.3 is 5.32 Å². The smallest absolute Gasteiger partial charge is 0.0568 e. The van der Waals surface area contributed by atoms with Gasteiger partial charge in [-0.15, -0.1) is 0 Å². The fourth-order valence-corrected chi connectivity index (χ4v) is 2.39. The van der Waals surface area contributed by atoms with E-state index in [1.807, 2.05) is 19.4 Å². The number of nitrogens with one attached hydrogen (secondary N) is 1. The Morgan fingerprint density at radius 3 is 3.06 bits per heavy atom. The Bertz CT molecular complexity index is 545. The van der Waals surface area contributed by atoms with E-state index in [4.69, 9.17) is 11.6 Å². The van der Waals surface area contributed by atoms with Crippen molar-refractivity contribution in [1.82, 2.24) is 9.78 Å². The highest BCUT2D eigenvalue weighted by molar-refractivity contribution is 6.33. The molecule has 1 aliphatic heterocycles. The number of aromatic nitrogens is 2. The lowest BCUT2D eigenvalue weighted by molar-refractivity contribution is 0.768. The fourth-order valence-electron chi connectivity index (χ4n) is 2.10. The van der Waals surface area contributed by atoms with Crippen LogP contribution in [0.25, 0.3) is 11.1 Å². The Morgan fingerprint density at radius 1 is 1.44 bits per heavy atom. The summed E-state index contributed by atoms with van der Waals surface area (Å²) in [6, 6.07) is 4.17. The van der Waals surface area contributed by atoms with Crippen LogP contribution in [0, 0.1) is 0 Å². The Hall–Kier alpha value is -1.48. The van der Waals surface area contributed by atoms with Gasteiger partial charge in [-0.1, -0.05) is 11.6 Å². The number of anilines is 1. The summed E-state index contributed by atoms with van der Waals surface area (Å²) in [6.45, 7) is 1.00. The Labute approximate surface area is 99.0 Å². The largest absolute Gasteiger partial charge is 0.384 e. The van der Waals surface area contributed by atoms with Crippen LogP contribution in [0.15, 0.2) is 24.5 Å². The van der Waals surface area contributed by atoms with Crippen molar-refractivity contribution in [3.05, 3.63) is 35.1 Å². The van der Waals surface area contributed by atoms with Gasteiger partial charge in [-0.3, -0.25) is 4.68 Å². The Balaban J connectivity index is 2.14. The summed E-state index contributed by atoms with van der Waals surface area (Å²) in [7, 11) is 1.91. The third-order valence-electron chi connectivity index (χ3n) is 2.92. The van der Waals surface area contributed by atoms with Crippen LogP contribution in [0.3, 0.4) is 0 Å². The van der Waals surface area contributed by atoms with Gasteiger partial charge in [0.05, 0.1) is 6.20 Å². The quantitative estimate of drug-likeness (QED) is 0.821. The van der Waals surface area contributed by atoms with Crippen molar-refractivity contribution in [3.63, 3.8) is 0 Å². The lowest BCUT2D eigenvalue weighted by atomic mass is 10.1. The molecule has 0 spiro atoms. The van der Waals surface area contributed by atoms with Crippen molar-refractivity contribution in [3.8, 4) is 11.1 Å². The highest BCUT2D eigenvalue weighted by Gasteiger charge is 2.14. The Morgan fingerprint density at radius 2 is 2.31 bits per heavy atom. The molecule has 82 valence electrons. The molecule has 1 aliphatic rings. The topological polar surface area (TPSA) is 29.9 Å². The van der Waals surface area contributed by atoms with Crippen molar-refractivity contribution in [2.45, 2.75) is 6.42 Å². The number of rotatable bonds is 1. The van der Waals surface area contributed by atoms with Crippen molar-refractivity contribution >= 4 is 17.3 Å². The predicted octanol–water partition coefficient (Wildman–Crippen LogP) is 2.71. The van der Waals surface area contributed by atoms with Gasteiger partial charge in [0, 0.05) is 41.6 Å².